The van der Waals surface area contributed by atoms with E-state index >= 15 is 0 Å². The average Bonchev–Trinajstić information content (AvgIpc) is 1.88. The predicted octanol–water partition coefficient (Wildman–Crippen LogP) is -0.551. The Labute approximate surface area is 103 Å². The molecular formula is C8H8Br2Mg. The van der Waals surface area contributed by atoms with Crippen LogP contribution >= 0.6 is 15.9 Å². The van der Waals surface area contributed by atoms with Gasteiger partial charge >= 0.3 is 23.1 Å². The molecule has 0 nitrogen and oxygen atoms in total. The van der Waals surface area contributed by atoms with E-state index in [2.05, 4.69) is 35.0 Å². The van der Waals surface area contributed by atoms with Crippen LogP contribution in [0.3, 0.4) is 0 Å². The van der Waals surface area contributed by atoms with E-state index in [0.29, 0.717) is 0 Å². The summed E-state index contributed by atoms with van der Waals surface area (Å²) < 4.78 is 1.13. The Balaban J connectivity index is 0. The van der Waals surface area contributed by atoms with Crippen molar-refractivity contribution in [3.63, 3.8) is 0 Å². The molecule has 0 aliphatic heterocycles. The molecule has 0 spiro atoms. The summed E-state index contributed by atoms with van der Waals surface area (Å²) >= 11 is 3.38. The van der Waals surface area contributed by atoms with Crippen molar-refractivity contribution in [1.82, 2.24) is 0 Å². The molecule has 0 aromatic heterocycles. The van der Waals surface area contributed by atoms with Gasteiger partial charge in [-0.1, -0.05) is 33.6 Å². The average molecular weight is 288 g/mol. The number of hydrogen-bond acceptors (Lipinski definition) is 0. The van der Waals surface area contributed by atoms with E-state index in [9.17, 15) is 0 Å². The number of halogens is 2. The van der Waals surface area contributed by atoms with Crippen molar-refractivity contribution in [2.45, 2.75) is 6.42 Å². The molecule has 1 rings (SSSR count). The summed E-state index contributed by atoms with van der Waals surface area (Å²) in [5.41, 5.74) is 1.27. The monoisotopic (exact) mass is 286 g/mol. The number of rotatable bonds is 1. The van der Waals surface area contributed by atoms with Crippen LogP contribution in [0.5, 0.6) is 0 Å². The molecule has 11 heavy (non-hydrogen) atoms. The summed E-state index contributed by atoms with van der Waals surface area (Å²) in [6.45, 7) is 3.78. The first kappa shape index (κ1) is 14.5. The first-order valence-electron chi connectivity index (χ1n) is 2.86. The van der Waals surface area contributed by atoms with E-state index in [0.717, 1.165) is 10.9 Å². The first-order valence-corrected chi connectivity index (χ1v) is 3.66. The summed E-state index contributed by atoms with van der Waals surface area (Å²) in [6.07, 6.45) is 0.861. The van der Waals surface area contributed by atoms with E-state index in [1.807, 2.05) is 12.1 Å². The Kier molecular flexibility index (Phi) is 9.98. The van der Waals surface area contributed by atoms with Crippen molar-refractivity contribution in [1.29, 1.82) is 0 Å². The first-order chi connectivity index (χ1) is 4.33. The predicted molar refractivity (Wildman–Crippen MR) is 49.0 cm³/mol. The van der Waals surface area contributed by atoms with Gasteiger partial charge in [0, 0.05) is 4.47 Å². The zero-order valence-corrected chi connectivity index (χ0v) is 10.8. The van der Waals surface area contributed by atoms with Gasteiger partial charge in [0.15, 0.2) is 0 Å². The Bertz CT molecular complexity index is 201. The van der Waals surface area contributed by atoms with Gasteiger partial charge in [-0.25, -0.2) is 0 Å². The Morgan fingerprint density at radius 2 is 2.00 bits per heavy atom. The Morgan fingerprint density at radius 3 is 2.36 bits per heavy atom. The maximum absolute atomic E-state index is 3.78. The molecule has 0 heterocycles. The number of benzene rings is 1. The minimum Gasteiger partial charge on any atom is -1.00 e. The van der Waals surface area contributed by atoms with Crippen LogP contribution in [0, 0.1) is 6.92 Å². The van der Waals surface area contributed by atoms with Crippen molar-refractivity contribution in [3.05, 3.63) is 41.2 Å². The van der Waals surface area contributed by atoms with Crippen LogP contribution in [-0.2, 0) is 6.42 Å². The van der Waals surface area contributed by atoms with Crippen LogP contribution in [0.15, 0.2) is 28.7 Å². The molecule has 0 bridgehead atoms. The molecular weight excluding hydrogens is 280 g/mol. The molecule has 0 atom stereocenters. The van der Waals surface area contributed by atoms with Crippen LogP contribution in [0.4, 0.5) is 0 Å². The zero-order chi connectivity index (χ0) is 6.69. The fraction of sp³-hybridized carbons (Fsp3) is 0.125. The van der Waals surface area contributed by atoms with Crippen molar-refractivity contribution >= 4 is 39.0 Å². The molecule has 0 aliphatic carbocycles. The van der Waals surface area contributed by atoms with Crippen LogP contribution in [0.1, 0.15) is 5.56 Å². The van der Waals surface area contributed by atoms with Crippen molar-refractivity contribution < 1.29 is 17.0 Å². The van der Waals surface area contributed by atoms with Gasteiger partial charge in [-0.3, -0.25) is 0 Å². The second-order valence-electron chi connectivity index (χ2n) is 1.88. The van der Waals surface area contributed by atoms with Crippen molar-refractivity contribution in [3.8, 4) is 0 Å². The summed E-state index contributed by atoms with van der Waals surface area (Å²) in [7, 11) is 0. The summed E-state index contributed by atoms with van der Waals surface area (Å²) in [6, 6.07) is 8.18. The van der Waals surface area contributed by atoms with Crippen LogP contribution < -0.4 is 17.0 Å². The molecule has 0 saturated heterocycles. The second kappa shape index (κ2) is 7.59. The smallest absolute Gasteiger partial charge is 1.00 e. The van der Waals surface area contributed by atoms with Gasteiger partial charge in [0.25, 0.3) is 0 Å². The van der Waals surface area contributed by atoms with Crippen LogP contribution in [0.25, 0.3) is 0 Å². The molecule has 0 radical (unpaired) electrons. The normalized spacial score (nSPS) is 7.82. The van der Waals surface area contributed by atoms with E-state index < -0.39 is 0 Å². The third-order valence-corrected chi connectivity index (χ3v) is 1.67. The molecule has 0 saturated carbocycles. The number of hydrogen-bond donors (Lipinski definition) is 0. The molecule has 0 fully saturated rings. The quantitative estimate of drug-likeness (QED) is 0.480. The summed E-state index contributed by atoms with van der Waals surface area (Å²) in [5, 5.41) is 0. The van der Waals surface area contributed by atoms with Gasteiger partial charge < -0.3 is 23.9 Å². The maximum atomic E-state index is 3.78. The maximum Gasteiger partial charge on any atom is 2.00 e. The second-order valence-corrected chi connectivity index (χ2v) is 2.80. The zero-order valence-electron chi connectivity index (χ0n) is 6.19. The van der Waals surface area contributed by atoms with Gasteiger partial charge in [0.05, 0.1) is 0 Å². The van der Waals surface area contributed by atoms with Gasteiger partial charge in [-0.15, -0.1) is 0 Å². The molecule has 1 aromatic carbocycles. The van der Waals surface area contributed by atoms with E-state index in [1.54, 1.807) is 0 Å². The fourth-order valence-electron chi connectivity index (χ4n) is 0.692. The van der Waals surface area contributed by atoms with Gasteiger partial charge in [0.2, 0.25) is 0 Å². The third-order valence-electron chi connectivity index (χ3n) is 1.18. The standard InChI is InChI=1S/C8H8Br.BrH.Mg/c1-2-7-4-3-5-8(9)6-7;;/h3-6H,1-2H2;1H;/q-1;;+2/p-1. The van der Waals surface area contributed by atoms with Crippen LogP contribution in [0.2, 0.25) is 0 Å². The largest absolute Gasteiger partial charge is 2.00 e. The Morgan fingerprint density at radius 1 is 1.36 bits per heavy atom. The molecule has 0 N–H and O–H groups in total. The van der Waals surface area contributed by atoms with Crippen molar-refractivity contribution in [2.75, 3.05) is 0 Å². The molecule has 0 unspecified atom stereocenters. The minimum absolute atomic E-state index is 0. The van der Waals surface area contributed by atoms with Gasteiger partial charge in [-0.05, 0) is 12.1 Å². The fourth-order valence-corrected chi connectivity index (χ4v) is 1.14. The van der Waals surface area contributed by atoms with Crippen LogP contribution in [-0.4, -0.2) is 23.1 Å². The molecule has 3 heteroatoms. The minimum atomic E-state index is 0. The summed E-state index contributed by atoms with van der Waals surface area (Å²) in [5.74, 6) is 0. The Hall–Kier alpha value is 0.946. The van der Waals surface area contributed by atoms with E-state index in [-0.39, 0.29) is 40.0 Å². The molecule has 0 amide bonds. The van der Waals surface area contributed by atoms with Gasteiger partial charge in [-0.2, -0.15) is 6.42 Å². The topological polar surface area (TPSA) is 0 Å². The van der Waals surface area contributed by atoms with Crippen molar-refractivity contribution in [2.24, 2.45) is 0 Å². The third kappa shape index (κ3) is 5.23. The van der Waals surface area contributed by atoms with Gasteiger partial charge in [0.1, 0.15) is 0 Å². The summed E-state index contributed by atoms with van der Waals surface area (Å²) in [4.78, 5) is 0. The molecule has 0 aliphatic rings. The SMILES string of the molecule is [Br-].[CH2-]Cc1cccc(Br)c1.[Mg+2]. The molecule has 56 valence electrons. The molecule has 1 aromatic rings. The van der Waals surface area contributed by atoms with E-state index in [1.165, 1.54) is 5.56 Å². The van der Waals surface area contributed by atoms with E-state index in [4.69, 9.17) is 0 Å².